The lowest BCUT2D eigenvalue weighted by Gasteiger charge is -2.43. The van der Waals surface area contributed by atoms with Crippen LogP contribution in [0.1, 0.15) is 31.0 Å². The van der Waals surface area contributed by atoms with Gasteiger partial charge in [0.1, 0.15) is 5.82 Å². The average molecular weight is 490 g/mol. The van der Waals surface area contributed by atoms with E-state index >= 15 is 0 Å². The molecule has 1 N–H and O–H groups in total. The van der Waals surface area contributed by atoms with Gasteiger partial charge in [0.15, 0.2) is 0 Å². The second-order valence-electron chi connectivity index (χ2n) is 8.44. The zero-order valence-corrected chi connectivity index (χ0v) is 20.5. The molecular weight excluding hydrogens is 463 g/mol. The van der Waals surface area contributed by atoms with Crippen LogP contribution in [0.25, 0.3) is 0 Å². The Morgan fingerprint density at radius 3 is 2.38 bits per heavy atom. The summed E-state index contributed by atoms with van der Waals surface area (Å²) in [5, 5.41) is 5.38. The zero-order valence-electron chi connectivity index (χ0n) is 18.2. The monoisotopic (exact) mass is 488 g/mol. The summed E-state index contributed by atoms with van der Waals surface area (Å²) in [5.74, 6) is 0.907. The fourth-order valence-corrected chi connectivity index (χ4v) is 4.76. The molecule has 7 heteroatoms. The number of benzene rings is 2. The van der Waals surface area contributed by atoms with Crippen LogP contribution >= 0.6 is 34.8 Å². The Kier molecular flexibility index (Phi) is 7.47. The number of pyridine rings is 1. The largest absolute Gasteiger partial charge is 0.368 e. The molecular formula is C25H27Cl3N4. The van der Waals surface area contributed by atoms with Crippen LogP contribution in [0.5, 0.6) is 0 Å². The lowest BCUT2D eigenvalue weighted by molar-refractivity contribution is 0.215. The lowest BCUT2D eigenvalue weighted by Crippen LogP contribution is -2.48. The Hall–Kier alpha value is -1.98. The summed E-state index contributed by atoms with van der Waals surface area (Å²) in [6.45, 7) is 7.72. The van der Waals surface area contributed by atoms with Gasteiger partial charge in [0, 0.05) is 48.5 Å². The highest BCUT2D eigenvalue weighted by molar-refractivity contribution is 6.36. The topological polar surface area (TPSA) is 31.4 Å². The molecule has 0 spiro atoms. The van der Waals surface area contributed by atoms with Crippen LogP contribution in [0.4, 0.5) is 11.5 Å². The fraction of sp³-hybridized carbons (Fsp3) is 0.320. The van der Waals surface area contributed by atoms with E-state index in [9.17, 15) is 0 Å². The van der Waals surface area contributed by atoms with Crippen molar-refractivity contribution in [3.05, 3.63) is 87.0 Å². The predicted molar refractivity (Wildman–Crippen MR) is 136 cm³/mol. The summed E-state index contributed by atoms with van der Waals surface area (Å²) < 4.78 is 0. The number of piperazine rings is 1. The summed E-state index contributed by atoms with van der Waals surface area (Å²) in [4.78, 5) is 9.39. The molecule has 32 heavy (non-hydrogen) atoms. The molecule has 3 aromatic rings. The third-order valence-electron chi connectivity index (χ3n) is 5.61. The highest BCUT2D eigenvalue weighted by Crippen LogP contribution is 2.37. The van der Waals surface area contributed by atoms with Crippen molar-refractivity contribution in [2.45, 2.75) is 32.5 Å². The minimum Gasteiger partial charge on any atom is -0.368 e. The SMILES string of the molecule is CC(C)Nc1ccc(CN2CCN(c3ccc(Cl)cc3Cl)C(c3ccc(Cl)cc3)C2)cn1. The maximum absolute atomic E-state index is 6.58. The van der Waals surface area contributed by atoms with Gasteiger partial charge in [-0.2, -0.15) is 0 Å². The third-order valence-corrected chi connectivity index (χ3v) is 6.40. The van der Waals surface area contributed by atoms with Gasteiger partial charge in [0.2, 0.25) is 0 Å². The van der Waals surface area contributed by atoms with E-state index in [-0.39, 0.29) is 6.04 Å². The number of rotatable bonds is 6. The molecule has 4 nitrogen and oxygen atoms in total. The summed E-state index contributed by atoms with van der Waals surface area (Å²) in [6.07, 6.45) is 1.96. The second kappa shape index (κ2) is 10.3. The molecule has 0 bridgehead atoms. The van der Waals surface area contributed by atoms with E-state index in [1.54, 1.807) is 0 Å². The molecule has 1 aliphatic rings. The van der Waals surface area contributed by atoms with Crippen molar-refractivity contribution in [2.24, 2.45) is 0 Å². The van der Waals surface area contributed by atoms with Gasteiger partial charge in [0.05, 0.1) is 16.8 Å². The van der Waals surface area contributed by atoms with Crippen molar-refractivity contribution < 1.29 is 0 Å². The van der Waals surface area contributed by atoms with Gasteiger partial charge >= 0.3 is 0 Å². The molecule has 1 saturated heterocycles. The molecule has 4 rings (SSSR count). The Morgan fingerprint density at radius 2 is 1.72 bits per heavy atom. The Labute approximate surface area is 205 Å². The van der Waals surface area contributed by atoms with Crippen molar-refractivity contribution in [1.29, 1.82) is 0 Å². The normalized spacial score (nSPS) is 17.1. The van der Waals surface area contributed by atoms with E-state index in [1.165, 1.54) is 11.1 Å². The van der Waals surface area contributed by atoms with Crippen molar-refractivity contribution in [2.75, 3.05) is 29.9 Å². The minimum atomic E-state index is 0.148. The van der Waals surface area contributed by atoms with Gasteiger partial charge in [-0.15, -0.1) is 0 Å². The molecule has 0 aliphatic carbocycles. The van der Waals surface area contributed by atoms with Gasteiger partial charge in [-0.3, -0.25) is 4.90 Å². The van der Waals surface area contributed by atoms with Crippen LogP contribution in [0.2, 0.25) is 15.1 Å². The number of nitrogens with zero attached hydrogens (tertiary/aromatic N) is 3. The maximum Gasteiger partial charge on any atom is 0.126 e. The zero-order chi connectivity index (χ0) is 22.7. The van der Waals surface area contributed by atoms with Gasteiger partial charge in [0.25, 0.3) is 0 Å². The van der Waals surface area contributed by atoms with Gasteiger partial charge in [-0.25, -0.2) is 4.98 Å². The molecule has 2 heterocycles. The first-order valence-electron chi connectivity index (χ1n) is 10.8. The van der Waals surface area contributed by atoms with Gasteiger partial charge in [-0.05, 0) is 61.4 Å². The number of aromatic nitrogens is 1. The predicted octanol–water partition coefficient (Wildman–Crippen LogP) is 6.93. The summed E-state index contributed by atoms with van der Waals surface area (Å²) in [6, 6.07) is 18.5. The van der Waals surface area contributed by atoms with Crippen LogP contribution in [-0.2, 0) is 6.54 Å². The van der Waals surface area contributed by atoms with E-state index in [2.05, 4.69) is 58.2 Å². The number of anilines is 2. The Bertz CT molecular complexity index is 1040. The van der Waals surface area contributed by atoms with Crippen molar-refractivity contribution in [1.82, 2.24) is 9.88 Å². The first kappa shape index (κ1) is 23.2. The van der Waals surface area contributed by atoms with Crippen molar-refractivity contribution >= 4 is 46.3 Å². The van der Waals surface area contributed by atoms with E-state index < -0.39 is 0 Å². The van der Waals surface area contributed by atoms with Crippen LogP contribution < -0.4 is 10.2 Å². The smallest absolute Gasteiger partial charge is 0.126 e. The summed E-state index contributed by atoms with van der Waals surface area (Å²) in [7, 11) is 0. The number of nitrogens with one attached hydrogen (secondary N) is 1. The van der Waals surface area contributed by atoms with Gasteiger partial charge < -0.3 is 10.2 Å². The molecule has 1 atom stereocenters. The molecule has 1 aliphatic heterocycles. The Balaban J connectivity index is 1.55. The molecule has 0 saturated carbocycles. The summed E-state index contributed by atoms with van der Waals surface area (Å²) in [5.41, 5.74) is 3.41. The molecule has 0 radical (unpaired) electrons. The highest BCUT2D eigenvalue weighted by Gasteiger charge is 2.29. The van der Waals surface area contributed by atoms with E-state index in [4.69, 9.17) is 34.8 Å². The molecule has 1 unspecified atom stereocenters. The molecule has 0 amide bonds. The van der Waals surface area contributed by atoms with E-state index in [0.717, 1.165) is 42.7 Å². The first-order chi connectivity index (χ1) is 15.4. The van der Waals surface area contributed by atoms with Crippen LogP contribution in [0, 0.1) is 0 Å². The highest BCUT2D eigenvalue weighted by atomic mass is 35.5. The summed E-state index contributed by atoms with van der Waals surface area (Å²) >= 11 is 18.9. The van der Waals surface area contributed by atoms with Crippen LogP contribution in [-0.4, -0.2) is 35.6 Å². The molecule has 1 fully saturated rings. The second-order valence-corrected chi connectivity index (χ2v) is 9.72. The third kappa shape index (κ3) is 5.68. The molecule has 1 aromatic heterocycles. The lowest BCUT2D eigenvalue weighted by atomic mass is 10.0. The average Bonchev–Trinajstić information content (AvgIpc) is 2.76. The van der Waals surface area contributed by atoms with E-state index in [1.807, 2.05) is 36.5 Å². The quantitative estimate of drug-likeness (QED) is 0.407. The number of halogens is 3. The Morgan fingerprint density at radius 1 is 0.969 bits per heavy atom. The first-order valence-corrected chi connectivity index (χ1v) is 11.9. The standard InChI is InChI=1S/C25H27Cl3N4/c1-17(2)30-25-10-3-18(14-29-25)15-31-11-12-32(23-9-8-21(27)13-22(23)28)24(16-31)19-4-6-20(26)7-5-19/h3-10,13-14,17,24H,11-12,15-16H2,1-2H3,(H,29,30). The fourth-order valence-electron chi connectivity index (χ4n) is 4.11. The minimum absolute atomic E-state index is 0.148. The molecule has 168 valence electrons. The number of hydrogen-bond acceptors (Lipinski definition) is 4. The van der Waals surface area contributed by atoms with Crippen molar-refractivity contribution in [3.63, 3.8) is 0 Å². The van der Waals surface area contributed by atoms with Crippen LogP contribution in [0.3, 0.4) is 0 Å². The molecule has 2 aromatic carbocycles. The van der Waals surface area contributed by atoms with Crippen LogP contribution in [0.15, 0.2) is 60.8 Å². The van der Waals surface area contributed by atoms with Gasteiger partial charge in [-0.1, -0.05) is 53.0 Å². The number of hydrogen-bond donors (Lipinski definition) is 1. The van der Waals surface area contributed by atoms with Crippen molar-refractivity contribution in [3.8, 4) is 0 Å². The van der Waals surface area contributed by atoms with E-state index in [0.29, 0.717) is 16.1 Å². The maximum atomic E-state index is 6.58.